The Bertz CT molecular complexity index is 1380. The van der Waals surface area contributed by atoms with E-state index in [2.05, 4.69) is 70.6 Å². The van der Waals surface area contributed by atoms with E-state index in [0.29, 0.717) is 24.4 Å². The van der Waals surface area contributed by atoms with Crippen LogP contribution in [0.4, 0.5) is 5.95 Å². The van der Waals surface area contributed by atoms with E-state index in [1.807, 2.05) is 32.0 Å². The highest BCUT2D eigenvalue weighted by Gasteiger charge is 2.28. The smallest absolute Gasteiger partial charge is 0.335 e. The fourth-order valence-electron chi connectivity index (χ4n) is 5.35. The van der Waals surface area contributed by atoms with Gasteiger partial charge in [0.25, 0.3) is 0 Å². The van der Waals surface area contributed by atoms with Crippen molar-refractivity contribution in [1.29, 1.82) is 0 Å². The van der Waals surface area contributed by atoms with Gasteiger partial charge in [0, 0.05) is 29.1 Å². The molecule has 3 N–H and O–H groups in total. The molecule has 1 fully saturated rings. The van der Waals surface area contributed by atoms with Crippen molar-refractivity contribution in [2.75, 3.05) is 24.5 Å². The van der Waals surface area contributed by atoms with Crippen LogP contribution in [0.2, 0.25) is 0 Å². The number of carbonyl (C=O) groups is 1. The Hall–Kier alpha value is -3.14. The molecule has 0 saturated carbocycles. The molecule has 4 rings (SSSR count). The minimum absolute atomic E-state index is 0.0340. The molecule has 1 aromatic heterocycles. The van der Waals surface area contributed by atoms with Crippen LogP contribution in [-0.4, -0.2) is 52.4 Å². The zero-order valence-corrected chi connectivity index (χ0v) is 29.3. The van der Waals surface area contributed by atoms with Crippen LogP contribution in [0.1, 0.15) is 89.2 Å². The van der Waals surface area contributed by atoms with Gasteiger partial charge in [-0.05, 0) is 99.6 Å². The van der Waals surface area contributed by atoms with Gasteiger partial charge in [-0.3, -0.25) is 4.72 Å². The van der Waals surface area contributed by atoms with Crippen molar-refractivity contribution in [3.63, 3.8) is 0 Å². The summed E-state index contributed by atoms with van der Waals surface area (Å²) < 4.78 is 15.7. The number of nitrogens with zero attached hydrogens (tertiary/aromatic N) is 2. The lowest BCUT2D eigenvalue weighted by Crippen LogP contribution is -2.43. The van der Waals surface area contributed by atoms with Gasteiger partial charge in [-0.15, -0.1) is 0 Å². The van der Waals surface area contributed by atoms with Crippen molar-refractivity contribution in [2.24, 2.45) is 11.3 Å². The number of aromatic carboxylic acids is 1. The zero-order chi connectivity index (χ0) is 33.2. The minimum Gasteiger partial charge on any atom is -0.478 e. The maximum Gasteiger partial charge on any atom is 0.335 e. The fraction of sp³-hybridized carbons (Fsp3) is 0.528. The third-order valence-electron chi connectivity index (χ3n) is 7.63. The number of aromatic nitrogens is 2. The molecule has 0 aliphatic carbocycles. The normalized spacial score (nSPS) is 16.7. The summed E-state index contributed by atoms with van der Waals surface area (Å²) in [6.45, 7) is 21.3. The van der Waals surface area contributed by atoms with Gasteiger partial charge in [-0.25, -0.2) is 9.78 Å². The van der Waals surface area contributed by atoms with Crippen LogP contribution in [0.5, 0.6) is 5.88 Å². The number of hydrogen-bond acceptors (Lipinski definition) is 8. The fourth-order valence-corrected chi connectivity index (χ4v) is 5.98. The summed E-state index contributed by atoms with van der Waals surface area (Å²) in [5.41, 5.74) is 4.35. The Labute approximate surface area is 274 Å². The molecule has 1 aliphatic heterocycles. The summed E-state index contributed by atoms with van der Waals surface area (Å²) in [5, 5.41) is 13.1. The van der Waals surface area contributed by atoms with Crippen molar-refractivity contribution in [3.8, 4) is 17.1 Å². The number of anilines is 1. The van der Waals surface area contributed by atoms with E-state index in [-0.39, 0.29) is 22.6 Å². The first kappa shape index (κ1) is 36.3. The number of benzene rings is 2. The second-order valence-electron chi connectivity index (χ2n) is 13.4. The van der Waals surface area contributed by atoms with E-state index >= 15 is 0 Å². The summed E-state index contributed by atoms with van der Waals surface area (Å²) in [6.07, 6.45) is 3.16. The van der Waals surface area contributed by atoms with Crippen molar-refractivity contribution >= 4 is 23.9 Å². The lowest BCUT2D eigenvalue weighted by atomic mass is 9.87. The largest absolute Gasteiger partial charge is 0.478 e. The maximum absolute atomic E-state index is 11.4. The second-order valence-corrected chi connectivity index (χ2v) is 14.3. The highest BCUT2D eigenvalue weighted by molar-refractivity contribution is 8.00. The molecule has 1 saturated heterocycles. The van der Waals surface area contributed by atoms with Gasteiger partial charge < -0.3 is 19.9 Å². The lowest BCUT2D eigenvalue weighted by molar-refractivity contribution is -0.0764. The molecule has 2 aromatic carbocycles. The van der Waals surface area contributed by atoms with Gasteiger partial charge in [0.1, 0.15) is 6.61 Å². The summed E-state index contributed by atoms with van der Waals surface area (Å²) in [4.78, 5) is 21.7. The van der Waals surface area contributed by atoms with Crippen molar-refractivity contribution in [3.05, 3.63) is 65.2 Å². The molecular formula is C36H52N4O4S. The number of aryl methyl sites for hydroxylation is 2. The third kappa shape index (κ3) is 11.6. The van der Waals surface area contributed by atoms with Gasteiger partial charge in [0.15, 0.2) is 0 Å². The average molecular weight is 637 g/mol. The Morgan fingerprint density at radius 1 is 1.11 bits per heavy atom. The van der Waals surface area contributed by atoms with E-state index in [0.717, 1.165) is 59.7 Å². The highest BCUT2D eigenvalue weighted by Crippen LogP contribution is 2.31. The Kier molecular flexibility index (Phi) is 13.3. The van der Waals surface area contributed by atoms with Gasteiger partial charge in [-0.1, -0.05) is 58.9 Å². The number of nitrogens with one attached hydrogen (secondary N) is 2. The van der Waals surface area contributed by atoms with Crippen LogP contribution in [0, 0.1) is 25.2 Å². The van der Waals surface area contributed by atoms with Gasteiger partial charge >= 0.3 is 5.97 Å². The summed E-state index contributed by atoms with van der Waals surface area (Å²) in [5.74, 6) is 0.393. The van der Waals surface area contributed by atoms with E-state index in [9.17, 15) is 9.90 Å². The summed E-state index contributed by atoms with van der Waals surface area (Å²) in [7, 11) is 0. The minimum atomic E-state index is -0.968. The summed E-state index contributed by atoms with van der Waals surface area (Å²) in [6, 6.07) is 15.0. The van der Waals surface area contributed by atoms with Crippen LogP contribution in [-0.2, 0) is 4.74 Å². The number of carboxylic acid groups (broad SMARTS) is 1. The number of ether oxygens (including phenoxy) is 2. The standard InChI is InChI=1S/C34H46N4O4S.C2H6/c1-22-10-8-11-23(2)30(22)28-17-29(37-32(36-28)38-43-27-13-9-12-25(16-27)31(39)40)41-21-26(18-33(3,4)5)35-19-24-14-15-34(6,7)42-20-24;1-2/h8-13,16-17,24,26,35H,14-15,18-21H2,1-7H3,(H,39,40)(H,36,37,38);1-2H3. The molecule has 8 nitrogen and oxygen atoms in total. The molecule has 2 atom stereocenters. The molecule has 1 aliphatic rings. The lowest BCUT2D eigenvalue weighted by Gasteiger charge is -2.36. The molecule has 2 heterocycles. The van der Waals surface area contributed by atoms with E-state index in [4.69, 9.17) is 19.4 Å². The molecule has 9 heteroatoms. The molecule has 45 heavy (non-hydrogen) atoms. The second kappa shape index (κ2) is 16.4. The Morgan fingerprint density at radius 3 is 2.42 bits per heavy atom. The monoisotopic (exact) mass is 636 g/mol. The van der Waals surface area contributed by atoms with Gasteiger partial charge in [-0.2, -0.15) is 4.98 Å². The molecule has 0 radical (unpaired) electrons. The molecule has 3 aromatic rings. The van der Waals surface area contributed by atoms with Crippen LogP contribution in [0.25, 0.3) is 11.3 Å². The first-order valence-corrected chi connectivity index (χ1v) is 16.8. The van der Waals surface area contributed by atoms with Crippen LogP contribution >= 0.6 is 11.9 Å². The average Bonchev–Trinajstić information content (AvgIpc) is 2.98. The Balaban J connectivity index is 0.00000271. The van der Waals surface area contributed by atoms with Gasteiger partial charge in [0.05, 0.1) is 23.5 Å². The number of rotatable bonds is 12. The van der Waals surface area contributed by atoms with E-state index in [1.54, 1.807) is 18.2 Å². The third-order valence-corrected chi connectivity index (χ3v) is 8.41. The first-order valence-electron chi connectivity index (χ1n) is 16.0. The quantitative estimate of drug-likeness (QED) is 0.169. The van der Waals surface area contributed by atoms with E-state index in [1.165, 1.54) is 11.9 Å². The Morgan fingerprint density at radius 2 is 1.80 bits per heavy atom. The van der Waals surface area contributed by atoms with Crippen LogP contribution < -0.4 is 14.8 Å². The van der Waals surface area contributed by atoms with Crippen molar-refractivity contribution in [2.45, 2.75) is 98.1 Å². The van der Waals surface area contributed by atoms with E-state index < -0.39 is 5.97 Å². The van der Waals surface area contributed by atoms with Crippen LogP contribution in [0.3, 0.4) is 0 Å². The predicted octanol–water partition coefficient (Wildman–Crippen LogP) is 8.58. The summed E-state index contributed by atoms with van der Waals surface area (Å²) >= 11 is 1.26. The predicted molar refractivity (Wildman–Crippen MR) is 185 cm³/mol. The molecular weight excluding hydrogens is 584 g/mol. The highest BCUT2D eigenvalue weighted by atomic mass is 32.2. The van der Waals surface area contributed by atoms with Crippen molar-refractivity contribution < 1.29 is 19.4 Å². The number of carboxylic acids is 1. The first-order chi connectivity index (χ1) is 21.3. The maximum atomic E-state index is 11.4. The topological polar surface area (TPSA) is 106 Å². The molecule has 0 bridgehead atoms. The van der Waals surface area contributed by atoms with Gasteiger partial charge in [0.2, 0.25) is 11.8 Å². The zero-order valence-electron chi connectivity index (χ0n) is 28.5. The SMILES string of the molecule is CC.Cc1cccc(C)c1-c1cc(OCC(CC(C)(C)C)NCC2CCC(C)(C)OC2)nc(NSc2cccc(C(=O)O)c2)n1. The number of hydrogen-bond donors (Lipinski definition) is 3. The molecule has 2 unspecified atom stereocenters. The molecule has 0 spiro atoms. The molecule has 246 valence electrons. The molecule has 0 amide bonds. The van der Waals surface area contributed by atoms with Crippen molar-refractivity contribution in [1.82, 2.24) is 15.3 Å². The van der Waals surface area contributed by atoms with Crippen LogP contribution in [0.15, 0.2) is 53.4 Å².